The Morgan fingerprint density at radius 2 is 2.10 bits per heavy atom. The summed E-state index contributed by atoms with van der Waals surface area (Å²) in [5, 5.41) is 12.1. The number of carboxylic acids is 1. The molecular weight excluding hydrogens is 268 g/mol. The fourth-order valence-electron chi connectivity index (χ4n) is 2.02. The number of carboxylic acid groups (broad SMARTS) is 1. The van der Waals surface area contributed by atoms with Crippen molar-refractivity contribution < 1.29 is 23.4 Å². The number of likely N-dealkylation sites (N-methyl/N-ethyl adjacent to an activating group) is 1. The van der Waals surface area contributed by atoms with E-state index in [2.05, 4.69) is 5.32 Å². The molecule has 0 saturated carbocycles. The van der Waals surface area contributed by atoms with Gasteiger partial charge in [-0.2, -0.15) is 0 Å². The van der Waals surface area contributed by atoms with Crippen molar-refractivity contribution in [3.05, 3.63) is 29.8 Å². The van der Waals surface area contributed by atoms with Gasteiger partial charge in [0.25, 0.3) is 0 Å². The predicted molar refractivity (Wildman–Crippen MR) is 70.8 cm³/mol. The van der Waals surface area contributed by atoms with Crippen LogP contribution in [0.5, 0.6) is 5.75 Å². The molecule has 2 N–H and O–H groups in total. The van der Waals surface area contributed by atoms with E-state index >= 15 is 0 Å². The zero-order valence-electron chi connectivity index (χ0n) is 11.7. The maximum atomic E-state index is 13.1. The molecule has 1 aromatic carbocycles. The summed E-state index contributed by atoms with van der Waals surface area (Å²) in [6.45, 7) is 5.55. The lowest BCUT2D eigenvalue weighted by Gasteiger charge is -2.29. The van der Waals surface area contributed by atoms with Gasteiger partial charge < -0.3 is 15.2 Å². The highest BCUT2D eigenvalue weighted by Gasteiger charge is 2.34. The maximum absolute atomic E-state index is 13.1. The van der Waals surface area contributed by atoms with Crippen molar-refractivity contribution in [3.8, 4) is 5.75 Å². The normalized spacial score (nSPS) is 15.4. The molecule has 0 radical (unpaired) electrons. The molecule has 2 atom stereocenters. The predicted octanol–water partition coefficient (Wildman–Crippen LogP) is 2.58. The molecule has 0 aliphatic heterocycles. The van der Waals surface area contributed by atoms with E-state index in [0.29, 0.717) is 6.54 Å². The van der Waals surface area contributed by atoms with Gasteiger partial charge in [0.1, 0.15) is 11.3 Å². The van der Waals surface area contributed by atoms with Gasteiger partial charge in [-0.25, -0.2) is 8.78 Å². The number of hydrogen-bond donors (Lipinski definition) is 2. The summed E-state index contributed by atoms with van der Waals surface area (Å²) in [5.74, 6) is -2.77. The summed E-state index contributed by atoms with van der Waals surface area (Å²) in [6.07, 6.45) is -0.283. The Kier molecular flexibility index (Phi) is 5.44. The molecule has 0 aliphatic carbocycles. The van der Waals surface area contributed by atoms with Crippen molar-refractivity contribution in [1.82, 2.24) is 5.32 Å². The fraction of sp³-hybridized carbons (Fsp3) is 0.500. The van der Waals surface area contributed by atoms with Crippen molar-refractivity contribution in [1.29, 1.82) is 0 Å². The topological polar surface area (TPSA) is 58.6 Å². The number of carbonyl (C=O) groups is 1. The van der Waals surface area contributed by atoms with E-state index in [1.807, 2.05) is 6.92 Å². The van der Waals surface area contributed by atoms with Gasteiger partial charge in [0.15, 0.2) is 11.6 Å². The van der Waals surface area contributed by atoms with Crippen LogP contribution in [0.3, 0.4) is 0 Å². The molecule has 1 rings (SSSR count). The van der Waals surface area contributed by atoms with Crippen LogP contribution in [0.2, 0.25) is 0 Å². The lowest BCUT2D eigenvalue weighted by molar-refractivity contribution is -0.145. The van der Waals surface area contributed by atoms with Crippen molar-refractivity contribution >= 4 is 5.97 Å². The first-order valence-corrected chi connectivity index (χ1v) is 6.38. The van der Waals surface area contributed by atoms with Crippen LogP contribution in [-0.2, 0) is 4.79 Å². The summed E-state index contributed by atoms with van der Waals surface area (Å²) in [4.78, 5) is 11.3. The van der Waals surface area contributed by atoms with Crippen LogP contribution in [0.15, 0.2) is 18.2 Å². The Morgan fingerprint density at radius 3 is 2.60 bits per heavy atom. The van der Waals surface area contributed by atoms with Gasteiger partial charge >= 0.3 is 5.97 Å². The van der Waals surface area contributed by atoms with Gasteiger partial charge in [-0.05, 0) is 32.5 Å². The van der Waals surface area contributed by atoms with E-state index in [1.165, 1.54) is 6.07 Å². The first-order valence-electron chi connectivity index (χ1n) is 6.38. The van der Waals surface area contributed by atoms with E-state index in [-0.39, 0.29) is 12.2 Å². The van der Waals surface area contributed by atoms with Crippen LogP contribution < -0.4 is 10.1 Å². The van der Waals surface area contributed by atoms with Crippen LogP contribution in [0.1, 0.15) is 27.2 Å². The van der Waals surface area contributed by atoms with E-state index in [4.69, 9.17) is 4.74 Å². The Balaban J connectivity index is 2.72. The quantitative estimate of drug-likeness (QED) is 0.809. The number of hydrogen-bond acceptors (Lipinski definition) is 3. The third-order valence-corrected chi connectivity index (χ3v) is 2.96. The fourth-order valence-corrected chi connectivity index (χ4v) is 2.02. The minimum atomic E-state index is -1.13. The van der Waals surface area contributed by atoms with E-state index < -0.39 is 29.2 Å². The van der Waals surface area contributed by atoms with E-state index in [1.54, 1.807) is 13.8 Å². The number of ether oxygens (including phenoxy) is 1. The van der Waals surface area contributed by atoms with Crippen LogP contribution in [0.4, 0.5) is 8.78 Å². The third kappa shape index (κ3) is 4.16. The van der Waals surface area contributed by atoms with E-state index in [0.717, 1.165) is 12.1 Å². The van der Waals surface area contributed by atoms with Crippen LogP contribution in [0.25, 0.3) is 0 Å². The molecule has 112 valence electrons. The van der Waals surface area contributed by atoms with Crippen LogP contribution in [-0.4, -0.2) is 29.3 Å². The van der Waals surface area contributed by atoms with Crippen molar-refractivity contribution in [3.63, 3.8) is 0 Å². The summed E-state index contributed by atoms with van der Waals surface area (Å²) < 4.78 is 31.3. The Hall–Kier alpha value is -1.69. The SMILES string of the molecule is CCNC(C)(CC(C)Oc1ccc(F)c(F)c1)C(=O)O. The largest absolute Gasteiger partial charge is 0.491 e. The third-order valence-electron chi connectivity index (χ3n) is 2.96. The molecule has 0 bridgehead atoms. The molecule has 0 fully saturated rings. The van der Waals surface area contributed by atoms with Crippen LogP contribution in [0, 0.1) is 11.6 Å². The smallest absolute Gasteiger partial charge is 0.323 e. The molecule has 0 aromatic heterocycles. The van der Waals surface area contributed by atoms with Crippen molar-refractivity contribution in [2.24, 2.45) is 0 Å². The van der Waals surface area contributed by atoms with E-state index in [9.17, 15) is 18.7 Å². The van der Waals surface area contributed by atoms with Crippen LogP contribution >= 0.6 is 0 Å². The number of aliphatic carboxylic acids is 1. The Bertz CT molecular complexity index is 481. The molecule has 0 saturated heterocycles. The zero-order valence-corrected chi connectivity index (χ0v) is 11.7. The number of rotatable bonds is 7. The highest BCUT2D eigenvalue weighted by atomic mass is 19.2. The highest BCUT2D eigenvalue weighted by molar-refractivity contribution is 5.78. The molecule has 6 heteroatoms. The molecule has 20 heavy (non-hydrogen) atoms. The summed E-state index contributed by atoms with van der Waals surface area (Å²) in [5.41, 5.74) is -1.13. The second-order valence-corrected chi connectivity index (χ2v) is 4.88. The van der Waals surface area contributed by atoms with Gasteiger partial charge in [0, 0.05) is 12.5 Å². The van der Waals surface area contributed by atoms with Gasteiger partial charge in [0.2, 0.25) is 0 Å². The number of halogens is 2. The Morgan fingerprint density at radius 1 is 1.45 bits per heavy atom. The molecule has 0 heterocycles. The molecule has 1 aromatic rings. The lowest BCUT2D eigenvalue weighted by Crippen LogP contribution is -2.51. The second kappa shape index (κ2) is 6.65. The lowest BCUT2D eigenvalue weighted by atomic mass is 9.95. The molecular formula is C14H19F2NO3. The number of nitrogens with one attached hydrogen (secondary N) is 1. The van der Waals surface area contributed by atoms with Gasteiger partial charge in [-0.1, -0.05) is 6.92 Å². The highest BCUT2D eigenvalue weighted by Crippen LogP contribution is 2.20. The molecule has 4 nitrogen and oxygen atoms in total. The van der Waals surface area contributed by atoms with Gasteiger partial charge in [0.05, 0.1) is 6.10 Å². The van der Waals surface area contributed by atoms with Crippen molar-refractivity contribution in [2.45, 2.75) is 38.8 Å². The Labute approximate surface area is 116 Å². The minimum absolute atomic E-state index is 0.167. The molecule has 0 spiro atoms. The summed E-state index contributed by atoms with van der Waals surface area (Å²) >= 11 is 0. The minimum Gasteiger partial charge on any atom is -0.491 e. The monoisotopic (exact) mass is 287 g/mol. The molecule has 0 amide bonds. The molecule has 2 unspecified atom stereocenters. The average Bonchev–Trinajstić information content (AvgIpc) is 2.33. The average molecular weight is 287 g/mol. The standard InChI is InChI=1S/C14H19F2NO3/c1-4-17-14(3,13(18)19)8-9(2)20-10-5-6-11(15)12(16)7-10/h5-7,9,17H,4,8H2,1-3H3,(H,18,19). The second-order valence-electron chi connectivity index (χ2n) is 4.88. The van der Waals surface area contributed by atoms with Crippen molar-refractivity contribution in [2.75, 3.05) is 6.54 Å². The number of benzene rings is 1. The zero-order chi connectivity index (χ0) is 15.3. The molecule has 0 aliphatic rings. The first-order chi connectivity index (χ1) is 9.28. The van der Waals surface area contributed by atoms with Gasteiger partial charge in [-0.3, -0.25) is 4.79 Å². The maximum Gasteiger partial charge on any atom is 0.323 e. The van der Waals surface area contributed by atoms with Gasteiger partial charge in [-0.15, -0.1) is 0 Å². The first kappa shape index (κ1) is 16.4. The summed E-state index contributed by atoms with van der Waals surface area (Å²) in [6, 6.07) is 3.22. The summed E-state index contributed by atoms with van der Waals surface area (Å²) in [7, 11) is 0.